The van der Waals surface area contributed by atoms with Crippen LogP contribution in [0.1, 0.15) is 86.2 Å². The molecule has 2 aromatic carbocycles. The summed E-state index contributed by atoms with van der Waals surface area (Å²) in [6, 6.07) is 14.2. The van der Waals surface area contributed by atoms with Gasteiger partial charge in [-0.3, -0.25) is 0 Å². The molecule has 2 heteroatoms. The SMILES string of the molecule is CCC/C=C/c1ccc(C(=O)O)c(-c2ccc(C3CCC(CC)CC3)cc2)c1. The summed E-state index contributed by atoms with van der Waals surface area (Å²) in [4.78, 5) is 11.7. The van der Waals surface area contributed by atoms with E-state index in [1.165, 1.54) is 37.7 Å². The lowest BCUT2D eigenvalue weighted by molar-refractivity contribution is 0.0697. The lowest BCUT2D eigenvalue weighted by Gasteiger charge is -2.28. The summed E-state index contributed by atoms with van der Waals surface area (Å²) in [5, 5.41) is 9.62. The molecule has 0 aromatic heterocycles. The Morgan fingerprint density at radius 2 is 1.75 bits per heavy atom. The van der Waals surface area contributed by atoms with Crippen LogP contribution in [0.15, 0.2) is 48.5 Å². The molecule has 1 aliphatic rings. The van der Waals surface area contributed by atoms with Crippen LogP contribution >= 0.6 is 0 Å². The molecule has 2 nitrogen and oxygen atoms in total. The Balaban J connectivity index is 1.83. The molecule has 28 heavy (non-hydrogen) atoms. The largest absolute Gasteiger partial charge is 0.478 e. The van der Waals surface area contributed by atoms with Crippen LogP contribution in [0.2, 0.25) is 0 Å². The van der Waals surface area contributed by atoms with Crippen molar-refractivity contribution in [3.8, 4) is 11.1 Å². The second-order valence-corrected chi connectivity index (χ2v) is 8.05. The molecule has 0 bridgehead atoms. The van der Waals surface area contributed by atoms with E-state index < -0.39 is 5.97 Å². The first-order valence-corrected chi connectivity index (χ1v) is 10.8. The molecule has 0 aliphatic heterocycles. The number of rotatable bonds is 7. The standard InChI is InChI=1S/C26H32O2/c1-3-5-6-7-20-10-17-24(26(27)28)25(18-20)23-15-13-22(14-16-23)21-11-8-19(4-2)9-12-21/h6-7,10,13-19,21H,3-5,8-9,11-12H2,1-2H3,(H,27,28)/b7-6+. The number of hydrogen-bond donors (Lipinski definition) is 1. The third-order valence-corrected chi connectivity index (χ3v) is 6.16. The highest BCUT2D eigenvalue weighted by Crippen LogP contribution is 2.37. The summed E-state index contributed by atoms with van der Waals surface area (Å²) in [5.74, 6) is 0.678. The fourth-order valence-electron chi connectivity index (χ4n) is 4.32. The zero-order chi connectivity index (χ0) is 19.9. The van der Waals surface area contributed by atoms with Crippen LogP contribution in [-0.4, -0.2) is 11.1 Å². The maximum atomic E-state index is 11.7. The van der Waals surface area contributed by atoms with Crippen molar-refractivity contribution in [2.75, 3.05) is 0 Å². The Kier molecular flexibility index (Phi) is 7.08. The Morgan fingerprint density at radius 1 is 1.04 bits per heavy atom. The van der Waals surface area contributed by atoms with Gasteiger partial charge in [-0.1, -0.05) is 69.2 Å². The van der Waals surface area contributed by atoms with Gasteiger partial charge in [-0.05, 0) is 78.3 Å². The predicted octanol–water partition coefficient (Wildman–Crippen LogP) is 7.55. The summed E-state index contributed by atoms with van der Waals surface area (Å²) in [7, 11) is 0. The number of carboxylic acids is 1. The van der Waals surface area contributed by atoms with Gasteiger partial charge in [0.2, 0.25) is 0 Å². The van der Waals surface area contributed by atoms with Gasteiger partial charge in [-0.15, -0.1) is 0 Å². The molecule has 1 fully saturated rings. The van der Waals surface area contributed by atoms with E-state index in [2.05, 4.69) is 50.3 Å². The molecule has 1 aliphatic carbocycles. The predicted molar refractivity (Wildman–Crippen MR) is 118 cm³/mol. The molecule has 0 heterocycles. The summed E-state index contributed by atoms with van der Waals surface area (Å²) < 4.78 is 0. The van der Waals surface area contributed by atoms with Crippen LogP contribution in [-0.2, 0) is 0 Å². The molecule has 0 unspecified atom stereocenters. The van der Waals surface area contributed by atoms with Crippen molar-refractivity contribution in [1.29, 1.82) is 0 Å². The number of carbonyl (C=O) groups is 1. The molecule has 2 aromatic rings. The highest BCUT2D eigenvalue weighted by molar-refractivity contribution is 5.96. The smallest absolute Gasteiger partial charge is 0.336 e. The lowest BCUT2D eigenvalue weighted by Crippen LogP contribution is -2.12. The lowest BCUT2D eigenvalue weighted by atomic mass is 9.77. The summed E-state index contributed by atoms with van der Waals surface area (Å²) in [6.45, 7) is 4.45. The van der Waals surface area contributed by atoms with E-state index in [0.717, 1.165) is 35.4 Å². The third-order valence-electron chi connectivity index (χ3n) is 6.16. The molecule has 1 N–H and O–H groups in total. The molecule has 3 rings (SSSR count). The number of benzene rings is 2. The Bertz CT molecular complexity index is 809. The van der Waals surface area contributed by atoms with Gasteiger partial charge in [0.1, 0.15) is 0 Å². The molecule has 148 valence electrons. The minimum atomic E-state index is -0.874. The van der Waals surface area contributed by atoms with Crippen molar-refractivity contribution in [2.24, 2.45) is 5.92 Å². The fourth-order valence-corrected chi connectivity index (χ4v) is 4.32. The quantitative estimate of drug-likeness (QED) is 0.541. The average molecular weight is 377 g/mol. The van der Waals surface area contributed by atoms with Crippen molar-refractivity contribution >= 4 is 12.0 Å². The van der Waals surface area contributed by atoms with Gasteiger partial charge < -0.3 is 5.11 Å². The molecule has 0 amide bonds. The van der Waals surface area contributed by atoms with E-state index in [1.807, 2.05) is 12.1 Å². The number of hydrogen-bond acceptors (Lipinski definition) is 1. The molecule has 0 radical (unpaired) electrons. The number of carboxylic acid groups (broad SMARTS) is 1. The van der Waals surface area contributed by atoms with Crippen molar-refractivity contribution in [1.82, 2.24) is 0 Å². The third kappa shape index (κ3) is 4.92. The van der Waals surface area contributed by atoms with Crippen LogP contribution in [0.4, 0.5) is 0 Å². The van der Waals surface area contributed by atoms with E-state index in [4.69, 9.17) is 0 Å². The zero-order valence-electron chi connectivity index (χ0n) is 17.2. The minimum absolute atomic E-state index is 0.365. The van der Waals surface area contributed by atoms with Gasteiger partial charge in [0.25, 0.3) is 0 Å². The van der Waals surface area contributed by atoms with Gasteiger partial charge in [0.05, 0.1) is 5.56 Å². The highest BCUT2D eigenvalue weighted by atomic mass is 16.4. The van der Waals surface area contributed by atoms with Crippen LogP contribution in [0.5, 0.6) is 0 Å². The highest BCUT2D eigenvalue weighted by Gasteiger charge is 2.21. The average Bonchev–Trinajstić information content (AvgIpc) is 2.74. The van der Waals surface area contributed by atoms with Crippen molar-refractivity contribution in [2.45, 2.75) is 64.7 Å². The first-order valence-electron chi connectivity index (χ1n) is 10.8. The Morgan fingerprint density at radius 3 is 2.36 bits per heavy atom. The monoisotopic (exact) mass is 376 g/mol. The molecule has 0 spiro atoms. The number of aromatic carboxylic acids is 1. The second-order valence-electron chi connectivity index (χ2n) is 8.05. The van der Waals surface area contributed by atoms with Crippen molar-refractivity contribution in [3.63, 3.8) is 0 Å². The summed E-state index contributed by atoms with van der Waals surface area (Å²) in [6.07, 6.45) is 12.9. The normalized spacial score (nSPS) is 19.8. The van der Waals surface area contributed by atoms with Crippen molar-refractivity contribution in [3.05, 3.63) is 65.2 Å². The van der Waals surface area contributed by atoms with Crippen LogP contribution < -0.4 is 0 Å². The first-order chi connectivity index (χ1) is 13.6. The van der Waals surface area contributed by atoms with Crippen molar-refractivity contribution < 1.29 is 9.90 Å². The van der Waals surface area contributed by atoms with Gasteiger partial charge in [0, 0.05) is 0 Å². The summed E-state index contributed by atoms with van der Waals surface area (Å²) in [5.41, 5.74) is 4.59. The van der Waals surface area contributed by atoms with E-state index in [-0.39, 0.29) is 0 Å². The fraction of sp³-hybridized carbons (Fsp3) is 0.423. The van der Waals surface area contributed by atoms with E-state index >= 15 is 0 Å². The Hall–Kier alpha value is -2.35. The van der Waals surface area contributed by atoms with Crippen LogP contribution in [0.25, 0.3) is 17.2 Å². The van der Waals surface area contributed by atoms with E-state index in [0.29, 0.717) is 11.5 Å². The maximum absolute atomic E-state index is 11.7. The molecular weight excluding hydrogens is 344 g/mol. The number of allylic oxidation sites excluding steroid dienone is 1. The van der Waals surface area contributed by atoms with E-state index in [9.17, 15) is 9.90 Å². The van der Waals surface area contributed by atoms with Gasteiger partial charge in [0.15, 0.2) is 0 Å². The maximum Gasteiger partial charge on any atom is 0.336 e. The molecule has 0 saturated heterocycles. The van der Waals surface area contributed by atoms with Crippen LogP contribution in [0, 0.1) is 5.92 Å². The van der Waals surface area contributed by atoms with E-state index in [1.54, 1.807) is 6.07 Å². The molecule has 0 atom stereocenters. The zero-order valence-corrected chi connectivity index (χ0v) is 17.2. The van der Waals surface area contributed by atoms with Crippen LogP contribution in [0.3, 0.4) is 0 Å². The van der Waals surface area contributed by atoms with Gasteiger partial charge in [-0.2, -0.15) is 0 Å². The minimum Gasteiger partial charge on any atom is -0.478 e. The molecular formula is C26H32O2. The number of unbranched alkanes of at least 4 members (excludes halogenated alkanes) is 1. The molecule has 1 saturated carbocycles. The summed E-state index contributed by atoms with van der Waals surface area (Å²) >= 11 is 0. The van der Waals surface area contributed by atoms with Gasteiger partial charge >= 0.3 is 5.97 Å². The first kappa shape index (κ1) is 20.4. The van der Waals surface area contributed by atoms with Gasteiger partial charge in [-0.25, -0.2) is 4.79 Å². The topological polar surface area (TPSA) is 37.3 Å². The second kappa shape index (κ2) is 9.73. The Labute approximate surface area is 169 Å².